The maximum Gasteiger partial charge on any atom is 0.435 e. The van der Waals surface area contributed by atoms with Gasteiger partial charge in [0.05, 0.1) is 15.7 Å². The number of aromatic nitrogens is 2. The molecule has 1 heterocycles. The molecule has 5 nitrogen and oxygen atoms in total. The Balaban J connectivity index is 1.55. The third kappa shape index (κ3) is 6.26. The van der Waals surface area contributed by atoms with E-state index in [4.69, 9.17) is 27.9 Å². The van der Waals surface area contributed by atoms with E-state index in [1.807, 2.05) is 19.9 Å². The van der Waals surface area contributed by atoms with Gasteiger partial charge in [0, 0.05) is 11.6 Å². The third-order valence-corrected chi connectivity index (χ3v) is 5.95. The van der Waals surface area contributed by atoms with E-state index in [-0.39, 0.29) is 40.0 Å². The van der Waals surface area contributed by atoms with Crippen LogP contribution in [0.1, 0.15) is 35.6 Å². The van der Waals surface area contributed by atoms with Crippen LogP contribution in [0.15, 0.2) is 72.8 Å². The molecular weight excluding hydrogens is 526 g/mol. The van der Waals surface area contributed by atoms with Gasteiger partial charge in [0.1, 0.15) is 18.0 Å². The minimum absolute atomic E-state index is 0.0186. The van der Waals surface area contributed by atoms with Crippen molar-refractivity contribution in [1.82, 2.24) is 15.1 Å². The van der Waals surface area contributed by atoms with Crippen LogP contribution in [0.25, 0.3) is 16.8 Å². The minimum Gasteiger partial charge on any atom is -0.487 e. The predicted molar refractivity (Wildman–Crippen MR) is 137 cm³/mol. The van der Waals surface area contributed by atoms with E-state index in [9.17, 15) is 18.0 Å². The van der Waals surface area contributed by atoms with Crippen molar-refractivity contribution in [2.24, 2.45) is 0 Å². The van der Waals surface area contributed by atoms with Gasteiger partial charge < -0.3 is 10.1 Å². The number of alkyl halides is 3. The third-order valence-electron chi connectivity index (χ3n) is 5.34. The number of para-hydroxylation sites is 1. The van der Waals surface area contributed by atoms with E-state index in [2.05, 4.69) is 10.4 Å². The Bertz CT molecular complexity index is 1400. The molecule has 192 valence electrons. The Kier molecular flexibility index (Phi) is 7.80. The number of hydrogen-bond acceptors (Lipinski definition) is 3. The van der Waals surface area contributed by atoms with E-state index in [1.165, 1.54) is 12.1 Å². The lowest BCUT2D eigenvalue weighted by atomic mass is 10.0. The van der Waals surface area contributed by atoms with Gasteiger partial charge in [-0.3, -0.25) is 4.79 Å². The number of nitrogens with one attached hydrogen (secondary N) is 1. The lowest BCUT2D eigenvalue weighted by molar-refractivity contribution is -0.141. The van der Waals surface area contributed by atoms with Crippen molar-refractivity contribution < 1.29 is 22.7 Å². The Hall–Kier alpha value is -3.49. The van der Waals surface area contributed by atoms with Crippen molar-refractivity contribution in [3.05, 3.63) is 99.8 Å². The second-order valence-electron chi connectivity index (χ2n) is 8.52. The highest BCUT2D eigenvalue weighted by Crippen LogP contribution is 2.34. The highest BCUT2D eigenvalue weighted by atomic mass is 35.5. The molecule has 0 unspecified atom stereocenters. The second-order valence-corrected chi connectivity index (χ2v) is 9.34. The monoisotopic (exact) mass is 547 g/mol. The first-order valence-electron chi connectivity index (χ1n) is 11.3. The van der Waals surface area contributed by atoms with Crippen LogP contribution in [0.4, 0.5) is 13.2 Å². The largest absolute Gasteiger partial charge is 0.487 e. The molecule has 37 heavy (non-hydrogen) atoms. The van der Waals surface area contributed by atoms with Crippen LogP contribution in [-0.2, 0) is 12.8 Å². The zero-order valence-corrected chi connectivity index (χ0v) is 21.3. The summed E-state index contributed by atoms with van der Waals surface area (Å²) in [6.45, 7) is 3.57. The summed E-state index contributed by atoms with van der Waals surface area (Å²) in [4.78, 5) is 12.3. The van der Waals surface area contributed by atoms with Gasteiger partial charge in [0.2, 0.25) is 0 Å². The molecule has 1 amide bonds. The number of carbonyl (C=O) groups excluding carboxylic acids is 1. The summed E-state index contributed by atoms with van der Waals surface area (Å²) in [6.07, 6.45) is -4.66. The zero-order valence-electron chi connectivity index (χ0n) is 19.8. The fourth-order valence-electron chi connectivity index (χ4n) is 3.63. The number of halogens is 5. The van der Waals surface area contributed by atoms with Crippen molar-refractivity contribution in [2.45, 2.75) is 32.7 Å². The molecule has 3 aromatic carbocycles. The molecule has 0 saturated heterocycles. The van der Waals surface area contributed by atoms with Crippen LogP contribution in [0.3, 0.4) is 0 Å². The molecule has 0 aliphatic rings. The zero-order chi connectivity index (χ0) is 26.7. The number of hydrogen-bond donors (Lipinski definition) is 1. The molecule has 0 aliphatic heterocycles. The molecule has 1 N–H and O–H groups in total. The second kappa shape index (κ2) is 10.9. The fourth-order valence-corrected chi connectivity index (χ4v) is 4.19. The number of benzene rings is 3. The Morgan fingerprint density at radius 3 is 2.24 bits per heavy atom. The first-order chi connectivity index (χ1) is 17.5. The van der Waals surface area contributed by atoms with Crippen molar-refractivity contribution in [1.29, 1.82) is 0 Å². The molecule has 10 heteroatoms. The summed E-state index contributed by atoms with van der Waals surface area (Å²) in [5.41, 5.74) is 1.40. The van der Waals surface area contributed by atoms with Gasteiger partial charge in [0.15, 0.2) is 5.69 Å². The molecule has 0 radical (unpaired) electrons. The lowest BCUT2D eigenvalue weighted by Crippen LogP contribution is -2.30. The molecule has 4 rings (SSSR count). The van der Waals surface area contributed by atoms with Crippen molar-refractivity contribution in [3.63, 3.8) is 0 Å². The van der Waals surface area contributed by atoms with Crippen LogP contribution < -0.4 is 10.1 Å². The van der Waals surface area contributed by atoms with E-state index in [0.717, 1.165) is 21.9 Å². The Morgan fingerprint density at radius 1 is 0.973 bits per heavy atom. The summed E-state index contributed by atoms with van der Waals surface area (Å²) >= 11 is 12.4. The standard InChI is InChI=1S/C27H22Cl2F3N3O2/c1-16(2)33-26(36)19-6-3-5-18(13-19)17-9-11-21(12-10-17)37-15-20-14-24(27(30,31)32)34-35(20)25-22(28)7-4-8-23(25)29/h3-14,16H,15H2,1-2H3,(H,33,36). The normalized spacial score (nSPS) is 11.6. The summed E-state index contributed by atoms with van der Waals surface area (Å²) in [6, 6.07) is 19.8. The van der Waals surface area contributed by atoms with Gasteiger partial charge in [-0.25, -0.2) is 4.68 Å². The van der Waals surface area contributed by atoms with E-state index in [1.54, 1.807) is 48.5 Å². The molecule has 0 aliphatic carbocycles. The number of ether oxygens (including phenoxy) is 1. The van der Waals surface area contributed by atoms with E-state index in [0.29, 0.717) is 11.3 Å². The molecule has 1 aromatic heterocycles. The van der Waals surface area contributed by atoms with Gasteiger partial charge in [-0.2, -0.15) is 18.3 Å². The Labute approximate surface area is 221 Å². The van der Waals surface area contributed by atoms with Gasteiger partial charge in [-0.05, 0) is 67.4 Å². The molecular formula is C27H22Cl2F3N3O2. The van der Waals surface area contributed by atoms with Crippen LogP contribution in [-0.4, -0.2) is 21.7 Å². The van der Waals surface area contributed by atoms with Crippen molar-refractivity contribution in [2.75, 3.05) is 0 Å². The molecule has 0 saturated carbocycles. The summed E-state index contributed by atoms with van der Waals surface area (Å²) in [7, 11) is 0. The average Bonchev–Trinajstić information content (AvgIpc) is 3.27. The summed E-state index contributed by atoms with van der Waals surface area (Å²) in [5.74, 6) is 0.272. The van der Waals surface area contributed by atoms with Gasteiger partial charge in [0.25, 0.3) is 5.91 Å². The van der Waals surface area contributed by atoms with Crippen LogP contribution in [0.5, 0.6) is 5.75 Å². The summed E-state index contributed by atoms with van der Waals surface area (Å²) in [5, 5.41) is 6.85. The number of carbonyl (C=O) groups is 1. The molecule has 0 spiro atoms. The number of nitrogens with zero attached hydrogens (tertiary/aromatic N) is 2. The highest BCUT2D eigenvalue weighted by molar-refractivity contribution is 6.37. The topological polar surface area (TPSA) is 56.1 Å². The van der Waals surface area contributed by atoms with Gasteiger partial charge in [-0.15, -0.1) is 0 Å². The summed E-state index contributed by atoms with van der Waals surface area (Å²) < 4.78 is 47.0. The molecule has 0 atom stereocenters. The average molecular weight is 548 g/mol. The van der Waals surface area contributed by atoms with Crippen LogP contribution in [0.2, 0.25) is 10.0 Å². The fraction of sp³-hybridized carbons (Fsp3) is 0.185. The maximum absolute atomic E-state index is 13.4. The van der Waals surface area contributed by atoms with E-state index >= 15 is 0 Å². The van der Waals surface area contributed by atoms with Gasteiger partial charge >= 0.3 is 6.18 Å². The van der Waals surface area contributed by atoms with Gasteiger partial charge in [-0.1, -0.05) is 53.5 Å². The smallest absolute Gasteiger partial charge is 0.435 e. The highest BCUT2D eigenvalue weighted by Gasteiger charge is 2.35. The SMILES string of the molecule is CC(C)NC(=O)c1cccc(-c2ccc(OCc3cc(C(F)(F)F)nn3-c3c(Cl)cccc3Cl)cc2)c1. The Morgan fingerprint density at radius 2 is 1.62 bits per heavy atom. The van der Waals surface area contributed by atoms with E-state index < -0.39 is 11.9 Å². The molecule has 0 bridgehead atoms. The maximum atomic E-state index is 13.4. The van der Waals surface area contributed by atoms with Crippen LogP contribution >= 0.6 is 23.2 Å². The van der Waals surface area contributed by atoms with Crippen molar-refractivity contribution in [3.8, 4) is 22.6 Å². The minimum atomic E-state index is -4.66. The molecule has 0 fully saturated rings. The molecule has 4 aromatic rings. The first kappa shape index (κ1) is 26.6. The first-order valence-corrected chi connectivity index (χ1v) is 12.0. The van der Waals surface area contributed by atoms with Crippen LogP contribution in [0, 0.1) is 0 Å². The quantitative estimate of drug-likeness (QED) is 0.259. The number of amides is 1. The lowest BCUT2D eigenvalue weighted by Gasteiger charge is -2.12. The van der Waals surface area contributed by atoms with Crippen molar-refractivity contribution >= 4 is 29.1 Å². The predicted octanol–water partition coefficient (Wildman–Crippen LogP) is 7.58. The number of rotatable bonds is 7.